The van der Waals surface area contributed by atoms with E-state index in [1.165, 1.54) is 6.42 Å². The van der Waals surface area contributed by atoms with Crippen molar-refractivity contribution in [3.05, 3.63) is 0 Å². The number of rotatable bonds is 1. The van der Waals surface area contributed by atoms with Gasteiger partial charge >= 0.3 is 0 Å². The smallest absolute Gasteiger partial charge is 0.224 e. The van der Waals surface area contributed by atoms with Crippen LogP contribution in [0, 0.1) is 5.92 Å². The lowest BCUT2D eigenvalue weighted by atomic mass is 9.96. The Kier molecular flexibility index (Phi) is 2.28. The van der Waals surface area contributed by atoms with Crippen LogP contribution in [-0.2, 0) is 4.79 Å². The molecule has 0 aromatic heterocycles. The fourth-order valence-electron chi connectivity index (χ4n) is 2.30. The van der Waals surface area contributed by atoms with Crippen LogP contribution in [0.15, 0.2) is 0 Å². The fourth-order valence-corrected chi connectivity index (χ4v) is 2.30. The van der Waals surface area contributed by atoms with Gasteiger partial charge in [-0.1, -0.05) is 0 Å². The molecule has 3 aliphatic rings. The number of nitrogens with one attached hydrogen (secondary N) is 1. The van der Waals surface area contributed by atoms with Gasteiger partial charge in [0.25, 0.3) is 0 Å². The lowest BCUT2D eigenvalue weighted by Gasteiger charge is -2.25. The Hall–Kier alpha value is -0.570. The third kappa shape index (κ3) is 1.70. The van der Waals surface area contributed by atoms with Crippen LogP contribution in [0.1, 0.15) is 26.7 Å². The number of piperidine rings is 1. The first-order valence-electron chi connectivity index (χ1n) is 5.21. The summed E-state index contributed by atoms with van der Waals surface area (Å²) in [7, 11) is 0. The van der Waals surface area contributed by atoms with Crippen molar-refractivity contribution in [2.24, 2.45) is 5.92 Å². The normalized spacial score (nSPS) is 34.8. The highest BCUT2D eigenvalue weighted by molar-refractivity contribution is 5.80. The van der Waals surface area contributed by atoms with Crippen LogP contribution in [0.2, 0.25) is 0 Å². The number of carbonyl (C=O) groups is 1. The molecule has 74 valence electrons. The Morgan fingerprint density at radius 3 is 2.77 bits per heavy atom. The highest BCUT2D eigenvalue weighted by atomic mass is 16.2. The van der Waals surface area contributed by atoms with Crippen LogP contribution in [0.4, 0.5) is 0 Å². The van der Waals surface area contributed by atoms with Crippen molar-refractivity contribution in [2.75, 3.05) is 13.1 Å². The van der Waals surface area contributed by atoms with Crippen molar-refractivity contribution in [3.8, 4) is 0 Å². The molecule has 13 heavy (non-hydrogen) atoms. The summed E-state index contributed by atoms with van der Waals surface area (Å²) < 4.78 is 0. The van der Waals surface area contributed by atoms with Crippen LogP contribution in [0.5, 0.6) is 0 Å². The van der Waals surface area contributed by atoms with Crippen molar-refractivity contribution >= 4 is 5.91 Å². The number of carbonyl (C=O) groups excluding carboxylic acids is 1. The number of hydrogen-bond donors (Lipinski definition) is 1. The van der Waals surface area contributed by atoms with E-state index in [2.05, 4.69) is 24.1 Å². The zero-order valence-corrected chi connectivity index (χ0v) is 8.42. The standard InChI is InChI=1S/C10H18N2O/c1-7(2)12-5-8-3-4-9(6-12)11-10(8)13/h7-9H,3-6H2,1-2H3,(H,11,13). The molecule has 3 aliphatic heterocycles. The van der Waals surface area contributed by atoms with E-state index in [0.717, 1.165) is 19.5 Å². The third-order valence-corrected chi connectivity index (χ3v) is 3.22. The average molecular weight is 182 g/mol. The Labute approximate surface area is 79.5 Å². The molecular formula is C10H18N2O. The summed E-state index contributed by atoms with van der Waals surface area (Å²) in [6.07, 6.45) is 2.25. The van der Waals surface area contributed by atoms with Crippen molar-refractivity contribution in [3.63, 3.8) is 0 Å². The molecule has 3 saturated heterocycles. The zero-order chi connectivity index (χ0) is 9.42. The molecule has 3 heteroatoms. The minimum atomic E-state index is 0.251. The average Bonchev–Trinajstić information content (AvgIpc) is 2.34. The molecule has 3 heterocycles. The summed E-state index contributed by atoms with van der Waals surface area (Å²) >= 11 is 0. The van der Waals surface area contributed by atoms with Gasteiger partial charge in [0.2, 0.25) is 5.91 Å². The molecule has 2 atom stereocenters. The van der Waals surface area contributed by atoms with E-state index in [1.54, 1.807) is 0 Å². The van der Waals surface area contributed by atoms with Gasteiger partial charge in [0.1, 0.15) is 0 Å². The largest absolute Gasteiger partial charge is 0.352 e. The predicted molar refractivity (Wildman–Crippen MR) is 51.4 cm³/mol. The molecule has 1 amide bonds. The van der Waals surface area contributed by atoms with Crippen LogP contribution < -0.4 is 5.32 Å². The molecule has 0 radical (unpaired) electrons. The van der Waals surface area contributed by atoms with Gasteiger partial charge in [0.15, 0.2) is 0 Å². The lowest BCUT2D eigenvalue weighted by Crippen LogP contribution is -2.43. The van der Waals surface area contributed by atoms with Gasteiger partial charge in [-0.15, -0.1) is 0 Å². The van der Waals surface area contributed by atoms with E-state index >= 15 is 0 Å². The molecule has 0 aromatic carbocycles. The summed E-state index contributed by atoms with van der Waals surface area (Å²) in [5.74, 6) is 0.528. The number of nitrogens with zero attached hydrogens (tertiary/aromatic N) is 1. The molecule has 0 spiro atoms. The molecule has 3 fully saturated rings. The Bertz CT molecular complexity index is 215. The Morgan fingerprint density at radius 1 is 1.38 bits per heavy atom. The maximum atomic E-state index is 11.5. The first-order valence-corrected chi connectivity index (χ1v) is 5.21. The second kappa shape index (κ2) is 3.29. The zero-order valence-electron chi connectivity index (χ0n) is 8.42. The highest BCUT2D eigenvalue weighted by Crippen LogP contribution is 2.23. The monoisotopic (exact) mass is 182 g/mol. The number of amides is 1. The molecule has 0 aliphatic carbocycles. The van der Waals surface area contributed by atoms with Gasteiger partial charge in [0, 0.05) is 25.2 Å². The third-order valence-electron chi connectivity index (χ3n) is 3.22. The van der Waals surface area contributed by atoms with Gasteiger partial charge in [-0.25, -0.2) is 0 Å². The van der Waals surface area contributed by atoms with Crippen LogP contribution in [-0.4, -0.2) is 36.0 Å². The second-order valence-corrected chi connectivity index (χ2v) is 4.53. The van der Waals surface area contributed by atoms with Crippen molar-refractivity contribution in [2.45, 2.75) is 38.8 Å². The van der Waals surface area contributed by atoms with E-state index in [4.69, 9.17) is 0 Å². The van der Waals surface area contributed by atoms with E-state index < -0.39 is 0 Å². The molecule has 3 rings (SSSR count). The van der Waals surface area contributed by atoms with Crippen molar-refractivity contribution < 1.29 is 4.79 Å². The second-order valence-electron chi connectivity index (χ2n) is 4.53. The fraction of sp³-hybridized carbons (Fsp3) is 0.900. The van der Waals surface area contributed by atoms with E-state index in [0.29, 0.717) is 12.1 Å². The maximum absolute atomic E-state index is 11.5. The molecule has 1 N–H and O–H groups in total. The first kappa shape index (κ1) is 9.00. The molecule has 2 unspecified atom stereocenters. The number of hydrogen-bond acceptors (Lipinski definition) is 2. The summed E-state index contributed by atoms with van der Waals surface area (Å²) in [5.41, 5.74) is 0. The van der Waals surface area contributed by atoms with Crippen LogP contribution in [0.3, 0.4) is 0 Å². The molecular weight excluding hydrogens is 164 g/mol. The van der Waals surface area contributed by atoms with Gasteiger partial charge in [-0.3, -0.25) is 9.69 Å². The van der Waals surface area contributed by atoms with Crippen molar-refractivity contribution in [1.82, 2.24) is 10.2 Å². The molecule has 0 aromatic rings. The topological polar surface area (TPSA) is 32.3 Å². The maximum Gasteiger partial charge on any atom is 0.224 e. The predicted octanol–water partition coefficient (Wildman–Crippen LogP) is 0.605. The van der Waals surface area contributed by atoms with Crippen LogP contribution in [0.25, 0.3) is 0 Å². The Morgan fingerprint density at radius 2 is 2.15 bits per heavy atom. The quantitative estimate of drug-likeness (QED) is 0.644. The minimum Gasteiger partial charge on any atom is -0.352 e. The van der Waals surface area contributed by atoms with Gasteiger partial charge in [0.05, 0.1) is 5.92 Å². The van der Waals surface area contributed by atoms with Crippen molar-refractivity contribution in [1.29, 1.82) is 0 Å². The summed E-state index contributed by atoms with van der Waals surface area (Å²) in [6, 6.07) is 0.976. The Balaban J connectivity index is 2.11. The first-order chi connectivity index (χ1) is 6.16. The van der Waals surface area contributed by atoms with E-state index in [-0.39, 0.29) is 11.8 Å². The van der Waals surface area contributed by atoms with E-state index in [9.17, 15) is 4.79 Å². The SMILES string of the molecule is CC(C)N1CC2CCC(C1)C(=O)N2. The minimum absolute atomic E-state index is 0.251. The lowest BCUT2D eigenvalue weighted by molar-refractivity contribution is -0.126. The molecule has 3 nitrogen and oxygen atoms in total. The van der Waals surface area contributed by atoms with Crippen LogP contribution >= 0.6 is 0 Å². The number of fused-ring (bicyclic) bond motifs is 4. The summed E-state index contributed by atoms with van der Waals surface area (Å²) in [4.78, 5) is 13.9. The molecule has 0 saturated carbocycles. The van der Waals surface area contributed by atoms with Gasteiger partial charge in [-0.05, 0) is 26.7 Å². The van der Waals surface area contributed by atoms with Gasteiger partial charge < -0.3 is 5.32 Å². The summed E-state index contributed by atoms with van der Waals surface area (Å²) in [5, 5.41) is 3.08. The molecule has 2 bridgehead atoms. The summed E-state index contributed by atoms with van der Waals surface area (Å²) in [6.45, 7) is 6.41. The van der Waals surface area contributed by atoms with Gasteiger partial charge in [-0.2, -0.15) is 0 Å². The van der Waals surface area contributed by atoms with E-state index in [1.807, 2.05) is 0 Å². The highest BCUT2D eigenvalue weighted by Gasteiger charge is 2.35.